The number of nitrogens with two attached hydrogens (primary N) is 2. The van der Waals surface area contributed by atoms with Gasteiger partial charge in [0.15, 0.2) is 0 Å². The summed E-state index contributed by atoms with van der Waals surface area (Å²) in [5, 5.41) is 2.35. The Hall–Kier alpha value is -1.85. The van der Waals surface area contributed by atoms with E-state index in [1.165, 1.54) is 6.92 Å². The molecule has 0 heterocycles. The number of carbonyl (C=O) groups excluding carboxylic acids is 3. The van der Waals surface area contributed by atoms with E-state index >= 15 is 0 Å². The average molecular weight is 213 g/mol. The number of nitrogens with one attached hydrogen (secondary N) is 1. The molecular formula is C9H15N3O3. The normalized spacial score (nSPS) is 11.5. The fourth-order valence-corrected chi connectivity index (χ4v) is 0.854. The van der Waals surface area contributed by atoms with Crippen LogP contribution in [0.5, 0.6) is 0 Å². The van der Waals surface area contributed by atoms with Gasteiger partial charge in [-0.05, 0) is 13.3 Å². The van der Waals surface area contributed by atoms with E-state index in [0.29, 0.717) is 0 Å². The van der Waals surface area contributed by atoms with Gasteiger partial charge in [-0.1, -0.05) is 6.58 Å². The zero-order valence-electron chi connectivity index (χ0n) is 8.58. The van der Waals surface area contributed by atoms with E-state index in [-0.39, 0.29) is 18.4 Å². The number of amides is 3. The molecule has 0 radical (unpaired) electrons. The highest BCUT2D eigenvalue weighted by Crippen LogP contribution is 1.98. The lowest BCUT2D eigenvalue weighted by Crippen LogP contribution is -2.45. The van der Waals surface area contributed by atoms with Crippen LogP contribution < -0.4 is 16.8 Å². The summed E-state index contributed by atoms with van der Waals surface area (Å²) >= 11 is 0. The minimum absolute atomic E-state index is 0.00984. The van der Waals surface area contributed by atoms with Crippen LogP contribution in [0.3, 0.4) is 0 Å². The van der Waals surface area contributed by atoms with Crippen LogP contribution in [0.1, 0.15) is 19.8 Å². The molecule has 0 aromatic carbocycles. The predicted molar refractivity (Wildman–Crippen MR) is 54.4 cm³/mol. The Bertz CT molecular complexity index is 299. The van der Waals surface area contributed by atoms with Gasteiger partial charge in [-0.3, -0.25) is 14.4 Å². The van der Waals surface area contributed by atoms with Crippen LogP contribution in [0.15, 0.2) is 12.2 Å². The Morgan fingerprint density at radius 1 is 1.33 bits per heavy atom. The number of hydrogen-bond donors (Lipinski definition) is 3. The van der Waals surface area contributed by atoms with E-state index in [9.17, 15) is 14.4 Å². The van der Waals surface area contributed by atoms with Crippen molar-refractivity contribution in [2.24, 2.45) is 11.5 Å². The van der Waals surface area contributed by atoms with Gasteiger partial charge in [0, 0.05) is 12.0 Å². The van der Waals surface area contributed by atoms with E-state index < -0.39 is 23.8 Å². The molecule has 84 valence electrons. The lowest BCUT2D eigenvalue weighted by atomic mass is 10.1. The van der Waals surface area contributed by atoms with Crippen LogP contribution in [0.25, 0.3) is 0 Å². The van der Waals surface area contributed by atoms with Crippen LogP contribution in [0, 0.1) is 0 Å². The molecule has 0 spiro atoms. The first-order chi connectivity index (χ1) is 6.84. The molecule has 0 unspecified atom stereocenters. The number of carbonyl (C=O) groups is 3. The van der Waals surface area contributed by atoms with Crippen molar-refractivity contribution in [2.75, 3.05) is 0 Å². The quantitative estimate of drug-likeness (QED) is 0.481. The van der Waals surface area contributed by atoms with Gasteiger partial charge in [-0.2, -0.15) is 0 Å². The molecule has 0 aliphatic heterocycles. The molecule has 6 nitrogen and oxygen atoms in total. The molecule has 3 amide bonds. The monoisotopic (exact) mass is 213 g/mol. The van der Waals surface area contributed by atoms with Crippen molar-refractivity contribution in [2.45, 2.75) is 25.8 Å². The molecule has 0 bridgehead atoms. The highest BCUT2D eigenvalue weighted by molar-refractivity contribution is 5.95. The highest BCUT2D eigenvalue weighted by Gasteiger charge is 2.18. The second-order valence-electron chi connectivity index (χ2n) is 3.21. The standard InChI is InChI=1S/C9H15N3O3/c1-5(2)9(15)12-6(8(11)14)3-4-7(10)13/h6H,1,3-4H2,2H3,(H2,10,13)(H2,11,14)(H,12,15)/t6-/m0/s1. The Morgan fingerprint density at radius 3 is 2.20 bits per heavy atom. The minimum Gasteiger partial charge on any atom is -0.370 e. The summed E-state index contributed by atoms with van der Waals surface area (Å²) in [5.74, 6) is -1.72. The van der Waals surface area contributed by atoms with Crippen molar-refractivity contribution >= 4 is 17.7 Å². The third kappa shape index (κ3) is 5.45. The van der Waals surface area contributed by atoms with Gasteiger partial charge in [-0.25, -0.2) is 0 Å². The summed E-state index contributed by atoms with van der Waals surface area (Å²) in [6, 6.07) is -0.887. The van der Waals surface area contributed by atoms with Crippen LogP contribution >= 0.6 is 0 Å². The molecule has 0 aromatic rings. The van der Waals surface area contributed by atoms with Crippen molar-refractivity contribution in [1.29, 1.82) is 0 Å². The van der Waals surface area contributed by atoms with E-state index in [0.717, 1.165) is 0 Å². The van der Waals surface area contributed by atoms with Crippen LogP contribution in [-0.4, -0.2) is 23.8 Å². The van der Waals surface area contributed by atoms with Crippen molar-refractivity contribution in [1.82, 2.24) is 5.32 Å². The summed E-state index contributed by atoms with van der Waals surface area (Å²) in [7, 11) is 0. The first-order valence-electron chi connectivity index (χ1n) is 4.38. The van der Waals surface area contributed by atoms with Gasteiger partial charge in [-0.15, -0.1) is 0 Å². The molecule has 0 saturated carbocycles. The molecular weight excluding hydrogens is 198 g/mol. The lowest BCUT2D eigenvalue weighted by Gasteiger charge is -2.14. The van der Waals surface area contributed by atoms with Crippen molar-refractivity contribution in [3.63, 3.8) is 0 Å². The van der Waals surface area contributed by atoms with Crippen molar-refractivity contribution in [3.05, 3.63) is 12.2 Å². The second kappa shape index (κ2) is 5.79. The van der Waals surface area contributed by atoms with Crippen LogP contribution in [-0.2, 0) is 14.4 Å². The maximum absolute atomic E-state index is 11.2. The SMILES string of the molecule is C=C(C)C(=O)N[C@@H](CCC(N)=O)C(N)=O. The number of rotatable bonds is 6. The molecule has 0 fully saturated rings. The highest BCUT2D eigenvalue weighted by atomic mass is 16.2. The molecule has 0 aromatic heterocycles. The number of hydrogen-bond acceptors (Lipinski definition) is 3. The Morgan fingerprint density at radius 2 is 1.87 bits per heavy atom. The summed E-state index contributed by atoms with van der Waals surface area (Å²) in [4.78, 5) is 32.5. The van der Waals surface area contributed by atoms with Crippen molar-refractivity contribution in [3.8, 4) is 0 Å². The fraction of sp³-hybridized carbons (Fsp3) is 0.444. The Labute approximate surface area is 87.7 Å². The Balaban J connectivity index is 4.28. The summed E-state index contributed by atoms with van der Waals surface area (Å²) in [5.41, 5.74) is 10.2. The van der Waals surface area contributed by atoms with Gasteiger partial charge in [0.2, 0.25) is 17.7 Å². The molecule has 0 rings (SSSR count). The lowest BCUT2D eigenvalue weighted by molar-refractivity contribution is -0.126. The maximum Gasteiger partial charge on any atom is 0.246 e. The van der Waals surface area contributed by atoms with E-state index in [2.05, 4.69) is 11.9 Å². The summed E-state index contributed by atoms with van der Waals surface area (Å²) in [6.45, 7) is 4.91. The number of primary amides is 2. The van der Waals surface area contributed by atoms with Crippen LogP contribution in [0.2, 0.25) is 0 Å². The maximum atomic E-state index is 11.2. The molecule has 0 aliphatic carbocycles. The molecule has 5 N–H and O–H groups in total. The van der Waals surface area contributed by atoms with E-state index in [4.69, 9.17) is 11.5 Å². The van der Waals surface area contributed by atoms with Gasteiger partial charge in [0.25, 0.3) is 0 Å². The van der Waals surface area contributed by atoms with Crippen LogP contribution in [0.4, 0.5) is 0 Å². The largest absolute Gasteiger partial charge is 0.370 e. The van der Waals surface area contributed by atoms with Gasteiger partial charge in [0.1, 0.15) is 6.04 Å². The van der Waals surface area contributed by atoms with E-state index in [1.54, 1.807) is 0 Å². The Kier molecular flexibility index (Phi) is 5.08. The van der Waals surface area contributed by atoms with Crippen molar-refractivity contribution < 1.29 is 14.4 Å². The third-order valence-corrected chi connectivity index (χ3v) is 1.72. The van der Waals surface area contributed by atoms with Gasteiger partial charge < -0.3 is 16.8 Å². The van der Waals surface area contributed by atoms with E-state index in [1.807, 2.05) is 0 Å². The molecule has 1 atom stereocenters. The summed E-state index contributed by atoms with van der Waals surface area (Å²) < 4.78 is 0. The first kappa shape index (κ1) is 13.2. The fourth-order valence-electron chi connectivity index (χ4n) is 0.854. The smallest absolute Gasteiger partial charge is 0.246 e. The molecule has 15 heavy (non-hydrogen) atoms. The molecule has 0 aliphatic rings. The zero-order valence-corrected chi connectivity index (χ0v) is 8.58. The molecule has 6 heteroatoms. The second-order valence-corrected chi connectivity index (χ2v) is 3.21. The van der Waals surface area contributed by atoms with Gasteiger partial charge >= 0.3 is 0 Å². The third-order valence-electron chi connectivity index (χ3n) is 1.72. The topological polar surface area (TPSA) is 115 Å². The molecule has 0 saturated heterocycles. The minimum atomic E-state index is -0.887. The first-order valence-corrected chi connectivity index (χ1v) is 4.38. The average Bonchev–Trinajstić information content (AvgIpc) is 2.10. The van der Waals surface area contributed by atoms with Gasteiger partial charge in [0.05, 0.1) is 0 Å². The summed E-state index contributed by atoms with van der Waals surface area (Å²) in [6.07, 6.45) is 0.0910. The predicted octanol–water partition coefficient (Wildman–Crippen LogP) is -1.20. The zero-order chi connectivity index (χ0) is 12.0.